The van der Waals surface area contributed by atoms with Crippen molar-refractivity contribution in [2.45, 2.75) is 66.7 Å². The summed E-state index contributed by atoms with van der Waals surface area (Å²) >= 11 is 0. The summed E-state index contributed by atoms with van der Waals surface area (Å²) in [4.78, 5) is 0. The Bertz CT molecular complexity index is 101. The van der Waals surface area contributed by atoms with E-state index in [1.807, 2.05) is 0 Å². The van der Waals surface area contributed by atoms with Crippen molar-refractivity contribution >= 4 is 0 Å². The zero-order valence-electron chi connectivity index (χ0n) is 9.61. The number of hydrogen-bond acceptors (Lipinski definition) is 0. The second kappa shape index (κ2) is 5.61. The zero-order valence-corrected chi connectivity index (χ0v) is 9.61. The lowest BCUT2D eigenvalue weighted by atomic mass is 9.70. The molecule has 0 N–H and O–H groups in total. The van der Waals surface area contributed by atoms with Gasteiger partial charge >= 0.3 is 0 Å². The molecule has 0 rings (SSSR count). The Morgan fingerprint density at radius 2 is 1.50 bits per heavy atom. The van der Waals surface area contributed by atoms with Gasteiger partial charge in [-0.2, -0.15) is 0 Å². The third-order valence-electron chi connectivity index (χ3n) is 3.73. The lowest BCUT2D eigenvalue weighted by Gasteiger charge is -2.35. The predicted molar refractivity (Wildman–Crippen MR) is 57.4 cm³/mol. The standard InChI is InChI=1S/C12H26/c1-6-10-11(7-2)12(5,8-3)9-4/h11H,6-10H2,1-5H3. The van der Waals surface area contributed by atoms with Crippen LogP contribution >= 0.6 is 0 Å². The molecular formula is C12H26. The van der Waals surface area contributed by atoms with Gasteiger partial charge in [0.05, 0.1) is 0 Å². The van der Waals surface area contributed by atoms with Gasteiger partial charge in [0.25, 0.3) is 0 Å². The van der Waals surface area contributed by atoms with Gasteiger partial charge in [0.2, 0.25) is 0 Å². The van der Waals surface area contributed by atoms with Crippen LogP contribution in [-0.2, 0) is 0 Å². The van der Waals surface area contributed by atoms with Crippen LogP contribution in [0.2, 0.25) is 0 Å². The molecule has 0 aliphatic rings. The van der Waals surface area contributed by atoms with Gasteiger partial charge in [-0.3, -0.25) is 0 Å². The summed E-state index contributed by atoms with van der Waals surface area (Å²) in [7, 11) is 0. The highest BCUT2D eigenvalue weighted by Crippen LogP contribution is 2.39. The van der Waals surface area contributed by atoms with Crippen LogP contribution < -0.4 is 0 Å². The maximum absolute atomic E-state index is 2.46. The summed E-state index contributed by atoms with van der Waals surface area (Å²) in [5, 5.41) is 0. The molecule has 1 atom stereocenters. The molecule has 0 heterocycles. The lowest BCUT2D eigenvalue weighted by Crippen LogP contribution is -2.25. The van der Waals surface area contributed by atoms with Crippen molar-refractivity contribution < 1.29 is 0 Å². The Hall–Kier alpha value is 0. The molecule has 0 saturated carbocycles. The normalized spacial score (nSPS) is 14.8. The molecule has 0 aromatic heterocycles. The summed E-state index contributed by atoms with van der Waals surface area (Å²) in [6.45, 7) is 11.8. The lowest BCUT2D eigenvalue weighted by molar-refractivity contribution is 0.151. The molecule has 0 amide bonds. The summed E-state index contributed by atoms with van der Waals surface area (Å²) in [6.07, 6.45) is 6.78. The Morgan fingerprint density at radius 3 is 1.75 bits per heavy atom. The Kier molecular flexibility index (Phi) is 5.61. The highest BCUT2D eigenvalue weighted by Gasteiger charge is 2.28. The van der Waals surface area contributed by atoms with Crippen LogP contribution in [0.25, 0.3) is 0 Å². The van der Waals surface area contributed by atoms with Crippen LogP contribution in [0, 0.1) is 11.3 Å². The molecule has 0 bridgehead atoms. The van der Waals surface area contributed by atoms with Gasteiger partial charge in [0.15, 0.2) is 0 Å². The average molecular weight is 170 g/mol. The van der Waals surface area contributed by atoms with Gasteiger partial charge in [0, 0.05) is 0 Å². The van der Waals surface area contributed by atoms with Crippen molar-refractivity contribution in [3.8, 4) is 0 Å². The summed E-state index contributed by atoms with van der Waals surface area (Å²) in [5.41, 5.74) is 0.602. The van der Waals surface area contributed by atoms with Crippen molar-refractivity contribution in [2.75, 3.05) is 0 Å². The molecule has 0 aromatic rings. The fourth-order valence-corrected chi connectivity index (χ4v) is 2.22. The second-order valence-corrected chi connectivity index (χ2v) is 4.25. The van der Waals surface area contributed by atoms with Crippen molar-refractivity contribution in [2.24, 2.45) is 11.3 Å². The topological polar surface area (TPSA) is 0 Å². The molecule has 0 aromatic carbocycles. The average Bonchev–Trinajstić information content (AvgIpc) is 2.13. The first-order valence-corrected chi connectivity index (χ1v) is 5.64. The van der Waals surface area contributed by atoms with E-state index in [0.717, 1.165) is 5.92 Å². The zero-order chi connectivity index (χ0) is 9.61. The number of hydrogen-bond donors (Lipinski definition) is 0. The van der Waals surface area contributed by atoms with E-state index in [1.165, 1.54) is 32.1 Å². The molecule has 0 nitrogen and oxygen atoms in total. The fraction of sp³-hybridized carbons (Fsp3) is 1.00. The van der Waals surface area contributed by atoms with E-state index < -0.39 is 0 Å². The fourth-order valence-electron chi connectivity index (χ4n) is 2.22. The van der Waals surface area contributed by atoms with Gasteiger partial charge in [-0.25, -0.2) is 0 Å². The first-order valence-electron chi connectivity index (χ1n) is 5.64. The van der Waals surface area contributed by atoms with E-state index in [0.29, 0.717) is 5.41 Å². The largest absolute Gasteiger partial charge is 0.0654 e. The molecule has 12 heavy (non-hydrogen) atoms. The maximum atomic E-state index is 2.46. The van der Waals surface area contributed by atoms with Gasteiger partial charge < -0.3 is 0 Å². The predicted octanol–water partition coefficient (Wildman–Crippen LogP) is 4.64. The molecular weight excluding hydrogens is 144 g/mol. The molecule has 0 aliphatic carbocycles. The third-order valence-corrected chi connectivity index (χ3v) is 3.73. The van der Waals surface area contributed by atoms with Crippen LogP contribution in [0.3, 0.4) is 0 Å². The van der Waals surface area contributed by atoms with Crippen LogP contribution in [0.1, 0.15) is 66.7 Å². The smallest absolute Gasteiger partial charge is 0.0303 e. The molecule has 0 heteroatoms. The van der Waals surface area contributed by atoms with Crippen LogP contribution in [0.4, 0.5) is 0 Å². The van der Waals surface area contributed by atoms with E-state index in [9.17, 15) is 0 Å². The summed E-state index contributed by atoms with van der Waals surface area (Å²) in [5.74, 6) is 0.942. The minimum Gasteiger partial charge on any atom is -0.0654 e. The highest BCUT2D eigenvalue weighted by molar-refractivity contribution is 4.78. The van der Waals surface area contributed by atoms with Crippen LogP contribution in [-0.4, -0.2) is 0 Å². The Balaban J connectivity index is 4.21. The third kappa shape index (κ3) is 2.80. The molecule has 1 unspecified atom stereocenters. The quantitative estimate of drug-likeness (QED) is 0.545. The maximum Gasteiger partial charge on any atom is -0.0303 e. The monoisotopic (exact) mass is 170 g/mol. The first kappa shape index (κ1) is 12.0. The Labute approximate surface area is 78.8 Å². The second-order valence-electron chi connectivity index (χ2n) is 4.25. The van der Waals surface area contributed by atoms with Crippen molar-refractivity contribution in [1.29, 1.82) is 0 Å². The SMILES string of the molecule is CCCC(CC)C(C)(CC)CC. The van der Waals surface area contributed by atoms with Crippen molar-refractivity contribution in [3.05, 3.63) is 0 Å². The minimum atomic E-state index is 0.602. The molecule has 74 valence electrons. The van der Waals surface area contributed by atoms with Crippen molar-refractivity contribution in [3.63, 3.8) is 0 Å². The van der Waals surface area contributed by atoms with Gasteiger partial charge in [-0.15, -0.1) is 0 Å². The highest BCUT2D eigenvalue weighted by atomic mass is 14.3. The van der Waals surface area contributed by atoms with Gasteiger partial charge in [0.1, 0.15) is 0 Å². The van der Waals surface area contributed by atoms with E-state index in [4.69, 9.17) is 0 Å². The minimum absolute atomic E-state index is 0.602. The summed E-state index contributed by atoms with van der Waals surface area (Å²) < 4.78 is 0. The van der Waals surface area contributed by atoms with Crippen LogP contribution in [0.5, 0.6) is 0 Å². The Morgan fingerprint density at radius 1 is 1.00 bits per heavy atom. The summed E-state index contributed by atoms with van der Waals surface area (Å²) in [6, 6.07) is 0. The molecule has 0 radical (unpaired) electrons. The molecule has 0 spiro atoms. The van der Waals surface area contributed by atoms with Crippen molar-refractivity contribution in [1.82, 2.24) is 0 Å². The van der Waals surface area contributed by atoms with Gasteiger partial charge in [-0.1, -0.05) is 66.7 Å². The molecule has 0 aliphatic heterocycles. The van der Waals surface area contributed by atoms with Crippen LogP contribution in [0.15, 0.2) is 0 Å². The number of rotatable bonds is 6. The van der Waals surface area contributed by atoms with E-state index >= 15 is 0 Å². The van der Waals surface area contributed by atoms with Gasteiger partial charge in [-0.05, 0) is 11.3 Å². The first-order chi connectivity index (χ1) is 5.64. The molecule has 0 saturated heterocycles. The molecule has 0 fully saturated rings. The van der Waals surface area contributed by atoms with E-state index in [2.05, 4.69) is 34.6 Å². The van der Waals surface area contributed by atoms with E-state index in [-0.39, 0.29) is 0 Å². The van der Waals surface area contributed by atoms with E-state index in [1.54, 1.807) is 0 Å².